The Kier molecular flexibility index (Phi) is 7.09. The number of hydrogen-bond donors (Lipinski definition) is 2. The Morgan fingerprint density at radius 1 is 1.33 bits per heavy atom. The van der Waals surface area contributed by atoms with Gasteiger partial charge in [0.25, 0.3) is 0 Å². The Morgan fingerprint density at radius 3 is 2.85 bits per heavy atom. The van der Waals surface area contributed by atoms with Gasteiger partial charge in [-0.25, -0.2) is 10.5 Å². The van der Waals surface area contributed by atoms with Gasteiger partial charge in [-0.2, -0.15) is 10.1 Å². The third-order valence-electron chi connectivity index (χ3n) is 4.13. The number of hydrogen-bond acceptors (Lipinski definition) is 8. The molecule has 2 N–H and O–H groups in total. The number of rotatable bonds is 8. The van der Waals surface area contributed by atoms with Gasteiger partial charge >= 0.3 is 5.97 Å². The monoisotopic (exact) mass is 389 g/mol. The molecule has 8 nitrogen and oxygen atoms in total. The lowest BCUT2D eigenvalue weighted by atomic mass is 9.98. The lowest BCUT2D eigenvalue weighted by molar-refractivity contribution is -0.147. The number of carbonyl (C=O) groups is 1. The summed E-state index contributed by atoms with van der Waals surface area (Å²) in [5, 5.41) is 11.4. The number of benzene rings is 1. The van der Waals surface area contributed by atoms with E-state index in [0.29, 0.717) is 11.1 Å². The van der Waals surface area contributed by atoms with Crippen LogP contribution in [-0.2, 0) is 9.53 Å². The summed E-state index contributed by atoms with van der Waals surface area (Å²) in [6.07, 6.45) is 7.18. The number of carbonyl (C=O) groups excluding carboxylic acids is 1. The van der Waals surface area contributed by atoms with Gasteiger partial charge in [0.2, 0.25) is 11.1 Å². The van der Waals surface area contributed by atoms with Crippen LogP contribution in [0.5, 0.6) is 5.75 Å². The smallest absolute Gasteiger partial charge is 0.316 e. The van der Waals surface area contributed by atoms with Crippen LogP contribution in [0.3, 0.4) is 0 Å². The van der Waals surface area contributed by atoms with E-state index < -0.39 is 0 Å². The summed E-state index contributed by atoms with van der Waals surface area (Å²) in [5.74, 6) is 1.17. The second-order valence-corrected chi connectivity index (χ2v) is 7.09. The van der Waals surface area contributed by atoms with Crippen molar-refractivity contribution in [3.63, 3.8) is 0 Å². The molecule has 0 spiro atoms. The molecular weight excluding hydrogens is 366 g/mol. The van der Waals surface area contributed by atoms with Gasteiger partial charge < -0.3 is 9.47 Å². The maximum absolute atomic E-state index is 11.9. The van der Waals surface area contributed by atoms with Crippen molar-refractivity contribution < 1.29 is 14.3 Å². The third-order valence-corrected chi connectivity index (χ3v) is 4.96. The van der Waals surface area contributed by atoms with Crippen molar-refractivity contribution in [1.29, 1.82) is 0 Å². The number of methoxy groups -OCH3 is 1. The Hall–Kier alpha value is -2.55. The lowest BCUT2D eigenvalue weighted by Gasteiger charge is -2.21. The Morgan fingerprint density at radius 2 is 2.11 bits per heavy atom. The largest absolute Gasteiger partial charge is 0.497 e. The first-order valence-corrected chi connectivity index (χ1v) is 9.89. The van der Waals surface area contributed by atoms with Crippen molar-refractivity contribution >= 4 is 29.9 Å². The van der Waals surface area contributed by atoms with E-state index in [9.17, 15) is 4.79 Å². The number of esters is 1. The maximum Gasteiger partial charge on any atom is 0.316 e. The third kappa shape index (κ3) is 6.28. The molecule has 0 bridgehead atoms. The van der Waals surface area contributed by atoms with E-state index in [1.165, 1.54) is 18.2 Å². The van der Waals surface area contributed by atoms with E-state index >= 15 is 0 Å². The molecule has 1 aromatic carbocycles. The Balaban J connectivity index is 1.41. The summed E-state index contributed by atoms with van der Waals surface area (Å²) in [6.45, 7) is 0. The van der Waals surface area contributed by atoms with Crippen molar-refractivity contribution in [2.75, 3.05) is 18.3 Å². The molecule has 1 aliphatic rings. The predicted molar refractivity (Wildman–Crippen MR) is 104 cm³/mol. The standard InChI is InChI=1S/C18H23N5O3S/c1-25-14-9-7-13(8-10-14)11-19-21-17-20-18(23-22-17)27-12-16(24)26-15-5-3-2-4-6-15/h7-11,15H,2-6,12H2,1H3,(H2,20,21,22,23)/b19-11+. The van der Waals surface area contributed by atoms with Gasteiger partial charge in [-0.3, -0.25) is 4.79 Å². The maximum atomic E-state index is 11.9. The summed E-state index contributed by atoms with van der Waals surface area (Å²) in [6, 6.07) is 7.50. The Bertz CT molecular complexity index is 757. The van der Waals surface area contributed by atoms with Gasteiger partial charge in [-0.1, -0.05) is 18.2 Å². The minimum absolute atomic E-state index is 0.0727. The van der Waals surface area contributed by atoms with Gasteiger partial charge in [0, 0.05) is 0 Å². The number of ether oxygens (including phenoxy) is 2. The van der Waals surface area contributed by atoms with Gasteiger partial charge in [0.1, 0.15) is 11.9 Å². The fourth-order valence-electron chi connectivity index (χ4n) is 2.75. The molecule has 9 heteroatoms. The number of thioether (sulfide) groups is 1. The molecular formula is C18H23N5O3S. The van der Waals surface area contributed by atoms with Crippen LogP contribution in [0.15, 0.2) is 34.5 Å². The molecule has 0 saturated heterocycles. The average Bonchev–Trinajstić information content (AvgIpc) is 3.15. The van der Waals surface area contributed by atoms with Crippen molar-refractivity contribution in [2.45, 2.75) is 43.4 Å². The van der Waals surface area contributed by atoms with Crippen LogP contribution in [0.2, 0.25) is 0 Å². The Labute approximate surface area is 162 Å². The molecule has 0 aliphatic heterocycles. The molecule has 0 atom stereocenters. The number of aromatic amines is 1. The van der Waals surface area contributed by atoms with Crippen LogP contribution in [0, 0.1) is 0 Å². The molecule has 1 saturated carbocycles. The number of aromatic nitrogens is 3. The fraction of sp³-hybridized carbons (Fsp3) is 0.444. The van der Waals surface area contributed by atoms with Gasteiger partial charge in [-0.15, -0.1) is 5.10 Å². The van der Waals surface area contributed by atoms with Gasteiger partial charge in [0.05, 0.1) is 19.1 Å². The molecule has 0 radical (unpaired) electrons. The number of hydrazone groups is 1. The average molecular weight is 389 g/mol. The van der Waals surface area contributed by atoms with E-state index in [1.54, 1.807) is 13.3 Å². The molecule has 0 unspecified atom stereocenters. The molecule has 1 aliphatic carbocycles. The SMILES string of the molecule is COc1ccc(/C=N/Nc2nc(SCC(=O)OC3CCCCC3)n[nH]2)cc1. The first-order valence-electron chi connectivity index (χ1n) is 8.91. The quantitative estimate of drug-likeness (QED) is 0.309. The molecule has 144 valence electrons. The summed E-state index contributed by atoms with van der Waals surface area (Å²) < 4.78 is 10.6. The molecule has 27 heavy (non-hydrogen) atoms. The van der Waals surface area contributed by atoms with Crippen LogP contribution >= 0.6 is 11.8 Å². The molecule has 3 rings (SSSR count). The summed E-state index contributed by atoms with van der Waals surface area (Å²) in [4.78, 5) is 16.1. The van der Waals surface area contributed by atoms with E-state index in [1.807, 2.05) is 24.3 Å². The summed E-state index contributed by atoms with van der Waals surface area (Å²) in [5.41, 5.74) is 3.69. The zero-order valence-corrected chi connectivity index (χ0v) is 16.0. The zero-order valence-electron chi connectivity index (χ0n) is 15.2. The number of nitrogens with one attached hydrogen (secondary N) is 2. The van der Waals surface area contributed by atoms with E-state index in [2.05, 4.69) is 25.7 Å². The van der Waals surface area contributed by atoms with Crippen LogP contribution in [-0.4, -0.2) is 46.3 Å². The highest BCUT2D eigenvalue weighted by atomic mass is 32.2. The number of nitrogens with zero attached hydrogens (tertiary/aromatic N) is 3. The summed E-state index contributed by atoms with van der Waals surface area (Å²) >= 11 is 1.24. The van der Waals surface area contributed by atoms with Crippen LogP contribution in [0.4, 0.5) is 5.95 Å². The summed E-state index contributed by atoms with van der Waals surface area (Å²) in [7, 11) is 1.62. The van der Waals surface area contributed by atoms with E-state index in [4.69, 9.17) is 9.47 Å². The van der Waals surface area contributed by atoms with Crippen molar-refractivity contribution in [3.8, 4) is 5.75 Å². The highest BCUT2D eigenvalue weighted by molar-refractivity contribution is 7.99. The fourth-order valence-corrected chi connectivity index (χ4v) is 3.33. The normalized spacial score (nSPS) is 15.0. The predicted octanol–water partition coefficient (Wildman–Crippen LogP) is 3.23. The molecule has 0 amide bonds. The zero-order chi connectivity index (χ0) is 18.9. The first kappa shape index (κ1) is 19.2. The molecule has 2 aromatic rings. The van der Waals surface area contributed by atoms with Crippen molar-refractivity contribution in [2.24, 2.45) is 5.10 Å². The van der Waals surface area contributed by atoms with Crippen LogP contribution < -0.4 is 10.2 Å². The minimum Gasteiger partial charge on any atom is -0.497 e. The van der Waals surface area contributed by atoms with Crippen molar-refractivity contribution in [1.82, 2.24) is 15.2 Å². The van der Waals surface area contributed by atoms with Gasteiger partial charge in [-0.05, 0) is 55.5 Å². The van der Waals surface area contributed by atoms with E-state index in [-0.39, 0.29) is 17.8 Å². The topological polar surface area (TPSA) is 101 Å². The molecule has 1 heterocycles. The van der Waals surface area contributed by atoms with Crippen LogP contribution in [0.25, 0.3) is 0 Å². The first-order chi connectivity index (χ1) is 13.2. The second-order valence-electron chi connectivity index (χ2n) is 6.15. The minimum atomic E-state index is -0.219. The number of anilines is 1. The van der Waals surface area contributed by atoms with Gasteiger partial charge in [0.15, 0.2) is 0 Å². The molecule has 1 aromatic heterocycles. The lowest BCUT2D eigenvalue weighted by Crippen LogP contribution is -2.21. The number of H-pyrrole nitrogens is 1. The second kappa shape index (κ2) is 9.96. The van der Waals surface area contributed by atoms with Crippen LogP contribution in [0.1, 0.15) is 37.7 Å². The van der Waals surface area contributed by atoms with Crippen molar-refractivity contribution in [3.05, 3.63) is 29.8 Å². The highest BCUT2D eigenvalue weighted by Gasteiger charge is 2.18. The molecule has 1 fully saturated rings. The highest BCUT2D eigenvalue weighted by Crippen LogP contribution is 2.21. The van der Waals surface area contributed by atoms with E-state index in [0.717, 1.165) is 37.0 Å².